The van der Waals surface area contributed by atoms with E-state index in [1.165, 1.54) is 12.8 Å². The summed E-state index contributed by atoms with van der Waals surface area (Å²) < 4.78 is 0. The zero-order chi connectivity index (χ0) is 11.1. The minimum Gasteiger partial charge on any atom is -0.327 e. The van der Waals surface area contributed by atoms with Gasteiger partial charge in [-0.25, -0.2) is 0 Å². The van der Waals surface area contributed by atoms with Gasteiger partial charge in [-0.2, -0.15) is 0 Å². The molecular weight excluding hydrogens is 170 g/mol. The molecule has 1 saturated carbocycles. The Hall–Kier alpha value is -0.0400. The highest BCUT2D eigenvalue weighted by atomic mass is 14.8. The molecule has 0 aromatic heterocycles. The molecule has 2 atom stereocenters. The first-order chi connectivity index (χ1) is 6.25. The molecule has 0 saturated heterocycles. The Morgan fingerprint density at radius 1 is 1.14 bits per heavy atom. The Kier molecular flexibility index (Phi) is 3.02. The number of hydrogen-bond acceptors (Lipinski definition) is 1. The summed E-state index contributed by atoms with van der Waals surface area (Å²) in [5.74, 6) is 1.49. The lowest BCUT2D eigenvalue weighted by Gasteiger charge is -2.17. The Labute approximate surface area is 89.5 Å². The SMILES string of the molecule is CCC(C)CC(N)C1C(C)(C)C1(C)C. The van der Waals surface area contributed by atoms with Crippen LogP contribution in [0.1, 0.15) is 54.4 Å². The van der Waals surface area contributed by atoms with Crippen molar-refractivity contribution in [2.24, 2.45) is 28.4 Å². The van der Waals surface area contributed by atoms with E-state index in [1.54, 1.807) is 0 Å². The Bertz CT molecular complexity index is 191. The standard InChI is InChI=1S/C13H27N/c1-7-9(2)8-10(14)11-12(3,4)13(11,5)6/h9-11H,7-8,14H2,1-6H3. The maximum Gasteiger partial charge on any atom is 0.00803 e. The van der Waals surface area contributed by atoms with Gasteiger partial charge in [0.1, 0.15) is 0 Å². The van der Waals surface area contributed by atoms with Gasteiger partial charge >= 0.3 is 0 Å². The normalized spacial score (nSPS) is 28.5. The van der Waals surface area contributed by atoms with E-state index in [2.05, 4.69) is 41.5 Å². The van der Waals surface area contributed by atoms with E-state index in [0.717, 1.165) is 5.92 Å². The molecule has 0 aromatic rings. The van der Waals surface area contributed by atoms with E-state index in [9.17, 15) is 0 Å². The van der Waals surface area contributed by atoms with Crippen LogP contribution in [-0.2, 0) is 0 Å². The molecule has 2 N–H and O–H groups in total. The Morgan fingerprint density at radius 2 is 1.57 bits per heavy atom. The largest absolute Gasteiger partial charge is 0.327 e. The summed E-state index contributed by atoms with van der Waals surface area (Å²) in [7, 11) is 0. The third kappa shape index (κ3) is 1.71. The summed E-state index contributed by atoms with van der Waals surface area (Å²) in [6, 6.07) is 0.398. The summed E-state index contributed by atoms with van der Waals surface area (Å²) in [5.41, 5.74) is 7.20. The fraction of sp³-hybridized carbons (Fsp3) is 1.00. The molecule has 1 rings (SSSR count). The number of nitrogens with two attached hydrogens (primary N) is 1. The highest BCUT2D eigenvalue weighted by Crippen LogP contribution is 2.69. The van der Waals surface area contributed by atoms with E-state index in [4.69, 9.17) is 5.73 Å². The molecule has 0 radical (unpaired) electrons. The first-order valence-electron chi connectivity index (χ1n) is 6.00. The molecule has 0 aromatic carbocycles. The predicted molar refractivity (Wildman–Crippen MR) is 63.1 cm³/mol. The van der Waals surface area contributed by atoms with Crippen molar-refractivity contribution in [3.8, 4) is 0 Å². The maximum absolute atomic E-state index is 6.31. The molecule has 1 fully saturated rings. The smallest absolute Gasteiger partial charge is 0.00803 e. The molecule has 0 amide bonds. The first-order valence-corrected chi connectivity index (χ1v) is 6.00. The van der Waals surface area contributed by atoms with Gasteiger partial charge < -0.3 is 5.73 Å². The number of rotatable bonds is 4. The van der Waals surface area contributed by atoms with Crippen LogP contribution in [0.3, 0.4) is 0 Å². The van der Waals surface area contributed by atoms with Gasteiger partial charge in [-0.05, 0) is 29.1 Å². The van der Waals surface area contributed by atoms with Crippen molar-refractivity contribution in [2.45, 2.75) is 60.4 Å². The second kappa shape index (κ2) is 3.52. The molecule has 1 aliphatic rings. The first kappa shape index (κ1) is 12.0. The van der Waals surface area contributed by atoms with Crippen molar-refractivity contribution in [2.75, 3.05) is 0 Å². The van der Waals surface area contributed by atoms with Gasteiger partial charge in [0.05, 0.1) is 0 Å². The van der Waals surface area contributed by atoms with Crippen LogP contribution < -0.4 is 5.73 Å². The third-order valence-corrected chi connectivity index (χ3v) is 4.93. The van der Waals surface area contributed by atoms with Crippen molar-refractivity contribution in [3.63, 3.8) is 0 Å². The minimum absolute atomic E-state index is 0.398. The summed E-state index contributed by atoms with van der Waals surface area (Å²) in [6.45, 7) is 14.0. The lowest BCUT2D eigenvalue weighted by Crippen LogP contribution is -2.28. The van der Waals surface area contributed by atoms with Gasteiger partial charge in [-0.3, -0.25) is 0 Å². The van der Waals surface area contributed by atoms with Crippen molar-refractivity contribution >= 4 is 0 Å². The third-order valence-electron chi connectivity index (χ3n) is 4.93. The van der Waals surface area contributed by atoms with Crippen LogP contribution in [0, 0.1) is 22.7 Å². The van der Waals surface area contributed by atoms with E-state index in [0.29, 0.717) is 22.8 Å². The summed E-state index contributed by atoms with van der Waals surface area (Å²) in [5, 5.41) is 0. The van der Waals surface area contributed by atoms with E-state index >= 15 is 0 Å². The van der Waals surface area contributed by atoms with Crippen molar-refractivity contribution in [1.82, 2.24) is 0 Å². The van der Waals surface area contributed by atoms with Gasteiger partial charge in [-0.1, -0.05) is 48.0 Å². The van der Waals surface area contributed by atoms with Crippen LogP contribution in [0.2, 0.25) is 0 Å². The zero-order valence-electron chi connectivity index (χ0n) is 10.7. The second-order valence-corrected chi connectivity index (χ2v) is 6.33. The minimum atomic E-state index is 0.398. The summed E-state index contributed by atoms with van der Waals surface area (Å²) >= 11 is 0. The van der Waals surface area contributed by atoms with Crippen molar-refractivity contribution in [3.05, 3.63) is 0 Å². The Morgan fingerprint density at radius 3 is 1.86 bits per heavy atom. The van der Waals surface area contributed by atoms with Crippen LogP contribution in [0.5, 0.6) is 0 Å². The van der Waals surface area contributed by atoms with Gasteiger partial charge in [-0.15, -0.1) is 0 Å². The van der Waals surface area contributed by atoms with Gasteiger partial charge in [0.2, 0.25) is 0 Å². The predicted octanol–water partition coefficient (Wildman–Crippen LogP) is 3.43. The highest BCUT2D eigenvalue weighted by molar-refractivity contribution is 5.15. The average Bonchev–Trinajstić information content (AvgIpc) is 2.42. The molecule has 1 nitrogen and oxygen atoms in total. The molecule has 0 spiro atoms. The van der Waals surface area contributed by atoms with Crippen molar-refractivity contribution in [1.29, 1.82) is 0 Å². The highest BCUT2D eigenvalue weighted by Gasteiger charge is 2.66. The van der Waals surface area contributed by atoms with Crippen LogP contribution in [-0.4, -0.2) is 6.04 Å². The molecule has 14 heavy (non-hydrogen) atoms. The fourth-order valence-corrected chi connectivity index (χ4v) is 3.09. The van der Waals surface area contributed by atoms with E-state index < -0.39 is 0 Å². The van der Waals surface area contributed by atoms with Crippen LogP contribution in [0.4, 0.5) is 0 Å². The lowest BCUT2D eigenvalue weighted by molar-refractivity contribution is 0.382. The van der Waals surface area contributed by atoms with Gasteiger partial charge in [0.25, 0.3) is 0 Å². The molecule has 0 aliphatic heterocycles. The topological polar surface area (TPSA) is 26.0 Å². The molecule has 1 heteroatoms. The number of hydrogen-bond donors (Lipinski definition) is 1. The second-order valence-electron chi connectivity index (χ2n) is 6.33. The van der Waals surface area contributed by atoms with Crippen LogP contribution >= 0.6 is 0 Å². The van der Waals surface area contributed by atoms with Crippen LogP contribution in [0.15, 0.2) is 0 Å². The zero-order valence-corrected chi connectivity index (χ0v) is 10.7. The lowest BCUT2D eigenvalue weighted by atomic mass is 9.93. The quantitative estimate of drug-likeness (QED) is 0.734. The average molecular weight is 197 g/mol. The Balaban J connectivity index is 2.53. The molecule has 1 aliphatic carbocycles. The summed E-state index contributed by atoms with van der Waals surface area (Å²) in [6.07, 6.45) is 2.44. The van der Waals surface area contributed by atoms with Crippen LogP contribution in [0.25, 0.3) is 0 Å². The maximum atomic E-state index is 6.31. The van der Waals surface area contributed by atoms with Crippen molar-refractivity contribution < 1.29 is 0 Å². The summed E-state index contributed by atoms with van der Waals surface area (Å²) in [4.78, 5) is 0. The van der Waals surface area contributed by atoms with Gasteiger partial charge in [0.15, 0.2) is 0 Å². The van der Waals surface area contributed by atoms with E-state index in [1.807, 2.05) is 0 Å². The molecule has 0 heterocycles. The van der Waals surface area contributed by atoms with E-state index in [-0.39, 0.29) is 0 Å². The molecule has 0 bridgehead atoms. The fourth-order valence-electron chi connectivity index (χ4n) is 3.09. The van der Waals surface area contributed by atoms with Gasteiger partial charge in [0, 0.05) is 6.04 Å². The molecular formula is C13H27N. The molecule has 84 valence electrons. The molecule has 2 unspecified atom stereocenters. The monoisotopic (exact) mass is 197 g/mol.